The van der Waals surface area contributed by atoms with Crippen molar-refractivity contribution < 1.29 is 8.42 Å². The lowest BCUT2D eigenvalue weighted by Crippen LogP contribution is -2.34. The van der Waals surface area contributed by atoms with Crippen LogP contribution in [0.4, 0.5) is 5.82 Å². The molecule has 1 aromatic heterocycles. The number of nitrogens with zero attached hydrogens (tertiary/aromatic N) is 2. The van der Waals surface area contributed by atoms with Crippen LogP contribution in [0.2, 0.25) is 0 Å². The predicted octanol–water partition coefficient (Wildman–Crippen LogP) is 2.40. The topological polar surface area (TPSA) is 72.0 Å². The number of para-hydroxylation sites is 1. The van der Waals surface area contributed by atoms with Gasteiger partial charge in [0.2, 0.25) is 0 Å². The number of hydrogen-bond acceptors (Lipinski definition) is 5. The van der Waals surface area contributed by atoms with Crippen molar-refractivity contribution >= 4 is 26.6 Å². The first-order valence-corrected chi connectivity index (χ1v) is 9.14. The number of nitrogens with one attached hydrogen (secondary N) is 1. The summed E-state index contributed by atoms with van der Waals surface area (Å²) in [5.74, 6) is 0.791. The third kappa shape index (κ3) is 3.15. The van der Waals surface area contributed by atoms with Gasteiger partial charge in [-0.3, -0.25) is 0 Å². The van der Waals surface area contributed by atoms with E-state index >= 15 is 0 Å². The third-order valence-corrected chi connectivity index (χ3v) is 5.75. The summed E-state index contributed by atoms with van der Waals surface area (Å²) in [5, 5.41) is 4.14. The van der Waals surface area contributed by atoms with Crippen molar-refractivity contribution in [3.8, 4) is 0 Å². The van der Waals surface area contributed by atoms with E-state index in [2.05, 4.69) is 15.3 Å². The summed E-state index contributed by atoms with van der Waals surface area (Å²) < 4.78 is 23.5. The van der Waals surface area contributed by atoms with E-state index in [1.807, 2.05) is 24.3 Å². The number of fused-ring (bicyclic) bond motifs is 1. The lowest BCUT2D eigenvalue weighted by Gasteiger charge is -2.29. The Bertz CT molecular complexity index is 740. The number of anilines is 1. The molecule has 1 heterocycles. The van der Waals surface area contributed by atoms with Crippen molar-refractivity contribution in [3.05, 3.63) is 30.6 Å². The summed E-state index contributed by atoms with van der Waals surface area (Å²) in [7, 11) is -2.97. The lowest BCUT2D eigenvalue weighted by molar-refractivity contribution is 0.452. The summed E-state index contributed by atoms with van der Waals surface area (Å²) in [4.78, 5) is 8.56. The second-order valence-corrected chi connectivity index (χ2v) is 8.02. The Hall–Kier alpha value is -1.69. The fourth-order valence-corrected chi connectivity index (χ4v) is 4.15. The van der Waals surface area contributed by atoms with Crippen molar-refractivity contribution in [3.63, 3.8) is 0 Å². The Labute approximate surface area is 124 Å². The lowest BCUT2D eigenvalue weighted by atomic mass is 9.95. The molecule has 1 N–H and O–H groups in total. The molecule has 3 rings (SSSR count). The average Bonchev–Trinajstić information content (AvgIpc) is 2.47. The molecule has 0 saturated heterocycles. The van der Waals surface area contributed by atoms with Crippen LogP contribution in [0.5, 0.6) is 0 Å². The van der Waals surface area contributed by atoms with Crippen LogP contribution in [0.15, 0.2) is 30.6 Å². The minimum atomic E-state index is -2.97. The Morgan fingerprint density at radius 3 is 2.81 bits per heavy atom. The summed E-state index contributed by atoms with van der Waals surface area (Å²) in [6, 6.07) is 7.98. The van der Waals surface area contributed by atoms with E-state index in [0.717, 1.165) is 36.0 Å². The van der Waals surface area contributed by atoms with E-state index in [1.54, 1.807) is 6.33 Å². The molecule has 21 heavy (non-hydrogen) atoms. The second kappa shape index (κ2) is 5.60. The van der Waals surface area contributed by atoms with Crippen LogP contribution in [-0.4, -0.2) is 35.9 Å². The van der Waals surface area contributed by atoms with E-state index in [1.165, 1.54) is 6.26 Å². The Morgan fingerprint density at radius 1 is 1.19 bits per heavy atom. The molecule has 0 bridgehead atoms. The molecule has 6 heteroatoms. The minimum Gasteiger partial charge on any atom is -0.367 e. The van der Waals surface area contributed by atoms with Gasteiger partial charge in [0.1, 0.15) is 22.0 Å². The van der Waals surface area contributed by atoms with Gasteiger partial charge in [0.15, 0.2) is 0 Å². The highest BCUT2D eigenvalue weighted by Crippen LogP contribution is 2.27. The highest BCUT2D eigenvalue weighted by atomic mass is 32.2. The fraction of sp³-hybridized carbons (Fsp3) is 0.467. The van der Waals surface area contributed by atoms with Crippen molar-refractivity contribution in [2.75, 3.05) is 11.6 Å². The molecule has 0 spiro atoms. The van der Waals surface area contributed by atoms with Crippen LogP contribution in [0.3, 0.4) is 0 Å². The maximum atomic E-state index is 11.7. The molecule has 5 nitrogen and oxygen atoms in total. The SMILES string of the molecule is CS(=O)(=O)C1CCCC(Nc2ncnc3ccccc23)C1. The van der Waals surface area contributed by atoms with Gasteiger partial charge in [-0.15, -0.1) is 0 Å². The number of benzene rings is 1. The zero-order valence-electron chi connectivity index (χ0n) is 12.0. The smallest absolute Gasteiger partial charge is 0.150 e. The second-order valence-electron chi connectivity index (χ2n) is 5.70. The summed E-state index contributed by atoms with van der Waals surface area (Å²) in [5.41, 5.74) is 0.894. The van der Waals surface area contributed by atoms with Crippen LogP contribution in [0, 0.1) is 0 Å². The first-order chi connectivity index (χ1) is 10.0. The third-order valence-electron chi connectivity index (χ3n) is 4.12. The van der Waals surface area contributed by atoms with Gasteiger partial charge < -0.3 is 5.32 Å². The molecule has 1 fully saturated rings. The van der Waals surface area contributed by atoms with Gasteiger partial charge in [0.05, 0.1) is 10.8 Å². The quantitative estimate of drug-likeness (QED) is 0.942. The van der Waals surface area contributed by atoms with E-state index in [9.17, 15) is 8.42 Å². The zero-order valence-corrected chi connectivity index (χ0v) is 12.8. The van der Waals surface area contributed by atoms with Crippen molar-refractivity contribution in [1.82, 2.24) is 9.97 Å². The molecular formula is C15H19N3O2S. The van der Waals surface area contributed by atoms with E-state index in [-0.39, 0.29) is 11.3 Å². The van der Waals surface area contributed by atoms with Crippen LogP contribution in [-0.2, 0) is 9.84 Å². The molecule has 0 radical (unpaired) electrons. The minimum absolute atomic E-state index is 0.150. The van der Waals surface area contributed by atoms with Crippen LogP contribution in [0.1, 0.15) is 25.7 Å². The first-order valence-electron chi connectivity index (χ1n) is 7.19. The van der Waals surface area contributed by atoms with E-state index in [0.29, 0.717) is 6.42 Å². The Balaban J connectivity index is 1.82. The molecular weight excluding hydrogens is 286 g/mol. The fourth-order valence-electron chi connectivity index (χ4n) is 2.98. The highest BCUT2D eigenvalue weighted by Gasteiger charge is 2.29. The molecule has 112 valence electrons. The molecule has 1 aliphatic rings. The van der Waals surface area contributed by atoms with Gasteiger partial charge in [-0.2, -0.15) is 0 Å². The molecule has 2 aromatic rings. The number of rotatable bonds is 3. The van der Waals surface area contributed by atoms with Gasteiger partial charge in [-0.25, -0.2) is 18.4 Å². The molecule has 0 amide bonds. The van der Waals surface area contributed by atoms with Gasteiger partial charge in [0, 0.05) is 17.7 Å². The number of aromatic nitrogens is 2. The molecule has 1 aromatic carbocycles. The summed E-state index contributed by atoms with van der Waals surface area (Å²) in [6.45, 7) is 0. The van der Waals surface area contributed by atoms with E-state index < -0.39 is 9.84 Å². The van der Waals surface area contributed by atoms with Crippen molar-refractivity contribution in [1.29, 1.82) is 0 Å². The number of hydrogen-bond donors (Lipinski definition) is 1. The molecule has 2 atom stereocenters. The Kier molecular flexibility index (Phi) is 3.80. The maximum Gasteiger partial charge on any atom is 0.150 e. The van der Waals surface area contributed by atoms with Gasteiger partial charge >= 0.3 is 0 Å². The normalized spacial score (nSPS) is 23.1. The van der Waals surface area contributed by atoms with Crippen LogP contribution >= 0.6 is 0 Å². The molecule has 1 saturated carbocycles. The van der Waals surface area contributed by atoms with Gasteiger partial charge in [-0.1, -0.05) is 18.6 Å². The first kappa shape index (κ1) is 14.3. The van der Waals surface area contributed by atoms with Gasteiger partial charge in [0.25, 0.3) is 0 Å². The molecule has 1 aliphatic carbocycles. The highest BCUT2D eigenvalue weighted by molar-refractivity contribution is 7.91. The average molecular weight is 305 g/mol. The van der Waals surface area contributed by atoms with Crippen molar-refractivity contribution in [2.24, 2.45) is 0 Å². The van der Waals surface area contributed by atoms with E-state index in [4.69, 9.17) is 0 Å². The standard InChI is InChI=1S/C15H19N3O2S/c1-21(19,20)12-6-4-5-11(9-12)18-15-13-7-2-3-8-14(13)16-10-17-15/h2-3,7-8,10-12H,4-6,9H2,1H3,(H,16,17,18). The summed E-state index contributed by atoms with van der Waals surface area (Å²) >= 11 is 0. The summed E-state index contributed by atoms with van der Waals surface area (Å²) in [6.07, 6.45) is 6.20. The van der Waals surface area contributed by atoms with Gasteiger partial charge in [-0.05, 0) is 31.4 Å². The molecule has 0 aliphatic heterocycles. The van der Waals surface area contributed by atoms with Crippen LogP contribution < -0.4 is 5.32 Å². The molecule has 2 unspecified atom stereocenters. The monoisotopic (exact) mass is 305 g/mol. The van der Waals surface area contributed by atoms with Crippen molar-refractivity contribution in [2.45, 2.75) is 37.0 Å². The zero-order chi connectivity index (χ0) is 14.9. The van der Waals surface area contributed by atoms with Crippen LogP contribution in [0.25, 0.3) is 10.9 Å². The Morgan fingerprint density at radius 2 is 2.00 bits per heavy atom. The maximum absolute atomic E-state index is 11.7. The number of sulfone groups is 1. The predicted molar refractivity (Wildman–Crippen MR) is 84.0 cm³/mol. The largest absolute Gasteiger partial charge is 0.367 e.